The second-order valence-corrected chi connectivity index (χ2v) is 8.37. The number of aromatic nitrogens is 4. The monoisotopic (exact) mass is 426 g/mol. The van der Waals surface area contributed by atoms with E-state index in [-0.39, 0.29) is 6.03 Å². The molecule has 0 fully saturated rings. The van der Waals surface area contributed by atoms with Gasteiger partial charge in [-0.15, -0.1) is 0 Å². The minimum Gasteiger partial charge on any atom is -0.370 e. The van der Waals surface area contributed by atoms with Crippen molar-refractivity contribution in [1.29, 1.82) is 0 Å². The Morgan fingerprint density at radius 3 is 2.90 bits per heavy atom. The molecule has 1 aliphatic carbocycles. The lowest BCUT2D eigenvalue weighted by molar-refractivity contribution is 0.250. The first-order chi connectivity index (χ1) is 14.5. The van der Waals surface area contributed by atoms with Crippen LogP contribution < -0.4 is 16.0 Å². The molecule has 158 valence electrons. The lowest BCUT2D eigenvalue weighted by Gasteiger charge is -2.11. The van der Waals surface area contributed by atoms with Crippen molar-refractivity contribution in [2.75, 3.05) is 44.4 Å². The number of aryl methyl sites for hydroxylation is 1. The average molecular weight is 427 g/mol. The van der Waals surface area contributed by atoms with E-state index in [0.29, 0.717) is 11.7 Å². The molecule has 1 aliphatic rings. The Hall–Kier alpha value is -2.98. The summed E-state index contributed by atoms with van der Waals surface area (Å²) in [5.74, 6) is 0.856. The van der Waals surface area contributed by atoms with Crippen LogP contribution >= 0.6 is 11.3 Å². The van der Waals surface area contributed by atoms with Gasteiger partial charge < -0.3 is 15.5 Å². The van der Waals surface area contributed by atoms with E-state index in [9.17, 15) is 4.79 Å². The maximum Gasteiger partial charge on any atom is 0.321 e. The number of amides is 2. The third-order valence-electron chi connectivity index (χ3n) is 4.86. The van der Waals surface area contributed by atoms with Gasteiger partial charge in [-0.1, -0.05) is 11.3 Å². The Morgan fingerprint density at radius 1 is 1.30 bits per heavy atom. The van der Waals surface area contributed by atoms with E-state index in [0.717, 1.165) is 59.3 Å². The zero-order valence-corrected chi connectivity index (χ0v) is 18.2. The van der Waals surface area contributed by atoms with Gasteiger partial charge in [0.2, 0.25) is 0 Å². The number of thiazole rings is 1. The van der Waals surface area contributed by atoms with E-state index in [1.54, 1.807) is 0 Å². The first kappa shape index (κ1) is 20.3. The number of nitrogens with one attached hydrogen (secondary N) is 4. The number of hydrogen-bond donors (Lipinski definition) is 4. The highest BCUT2D eigenvalue weighted by Crippen LogP contribution is 2.41. The topological polar surface area (TPSA) is 111 Å². The molecule has 4 N–H and O–H groups in total. The maximum atomic E-state index is 12.1. The van der Waals surface area contributed by atoms with E-state index in [1.165, 1.54) is 16.9 Å². The summed E-state index contributed by atoms with van der Waals surface area (Å²) >= 11 is 1.47. The quantitative estimate of drug-likeness (QED) is 0.462. The second-order valence-electron chi connectivity index (χ2n) is 7.37. The first-order valence-electron chi connectivity index (χ1n) is 10.0. The fourth-order valence-electron chi connectivity index (χ4n) is 3.40. The van der Waals surface area contributed by atoms with Crippen LogP contribution in [0.25, 0.3) is 21.8 Å². The molecule has 3 heterocycles. The van der Waals surface area contributed by atoms with Crippen LogP contribution in [0.1, 0.15) is 18.2 Å². The Kier molecular flexibility index (Phi) is 5.96. The van der Waals surface area contributed by atoms with Gasteiger partial charge in [0.25, 0.3) is 0 Å². The third kappa shape index (κ3) is 4.29. The number of anilines is 2. The van der Waals surface area contributed by atoms with Crippen LogP contribution in [0, 0.1) is 0 Å². The van der Waals surface area contributed by atoms with Gasteiger partial charge >= 0.3 is 6.03 Å². The number of fused-ring (bicyclic) bond motifs is 3. The first-order valence-corrected chi connectivity index (χ1v) is 10.8. The van der Waals surface area contributed by atoms with Gasteiger partial charge in [-0.2, -0.15) is 5.10 Å². The summed E-state index contributed by atoms with van der Waals surface area (Å²) in [5, 5.41) is 17.2. The number of nitrogens with zero attached hydrogens (tertiary/aromatic N) is 4. The molecule has 0 bridgehead atoms. The van der Waals surface area contributed by atoms with Crippen molar-refractivity contribution in [2.24, 2.45) is 0 Å². The van der Waals surface area contributed by atoms with Gasteiger partial charge in [0.05, 0.1) is 22.0 Å². The van der Waals surface area contributed by atoms with Crippen LogP contribution in [-0.2, 0) is 12.8 Å². The molecular weight excluding hydrogens is 400 g/mol. The standard InChI is InChI=1S/C20H26N8OS/c1-4-21-15-8-5-12(11-23-15)16-13-6-7-14-18(17(13)27-26-16)30-20(24-14)25-19(29)22-9-10-28(2)3/h5,8,11H,4,6-7,9-10H2,1-3H3,(H,21,23)(H,26,27)(H2,22,24,25,29). The van der Waals surface area contributed by atoms with Crippen molar-refractivity contribution in [2.45, 2.75) is 19.8 Å². The van der Waals surface area contributed by atoms with Crippen molar-refractivity contribution in [3.8, 4) is 21.8 Å². The molecular formula is C20H26N8OS. The molecule has 3 aromatic heterocycles. The average Bonchev–Trinajstić information content (AvgIpc) is 3.32. The zero-order chi connectivity index (χ0) is 21.1. The van der Waals surface area contributed by atoms with Crippen molar-refractivity contribution in [3.05, 3.63) is 29.6 Å². The number of rotatable bonds is 7. The highest BCUT2D eigenvalue weighted by atomic mass is 32.1. The molecule has 4 rings (SSSR count). The molecule has 0 spiro atoms. The summed E-state index contributed by atoms with van der Waals surface area (Å²) in [4.78, 5) is 24.2. The summed E-state index contributed by atoms with van der Waals surface area (Å²) in [7, 11) is 3.94. The van der Waals surface area contributed by atoms with E-state index >= 15 is 0 Å². The Balaban J connectivity index is 1.50. The lowest BCUT2D eigenvalue weighted by Crippen LogP contribution is -2.34. The van der Waals surface area contributed by atoms with Gasteiger partial charge in [-0.05, 0) is 46.0 Å². The van der Waals surface area contributed by atoms with Crippen molar-refractivity contribution in [3.63, 3.8) is 0 Å². The summed E-state index contributed by atoms with van der Waals surface area (Å²) < 4.78 is 0. The van der Waals surface area contributed by atoms with Crippen LogP contribution in [0.15, 0.2) is 18.3 Å². The van der Waals surface area contributed by atoms with E-state index in [2.05, 4.69) is 36.1 Å². The molecule has 9 nitrogen and oxygen atoms in total. The normalized spacial score (nSPS) is 12.4. The molecule has 2 amide bonds. The molecule has 0 aromatic carbocycles. The maximum absolute atomic E-state index is 12.1. The zero-order valence-electron chi connectivity index (χ0n) is 17.4. The van der Waals surface area contributed by atoms with Crippen LogP contribution in [0.4, 0.5) is 15.7 Å². The lowest BCUT2D eigenvalue weighted by atomic mass is 9.96. The van der Waals surface area contributed by atoms with Gasteiger partial charge in [0.1, 0.15) is 5.82 Å². The van der Waals surface area contributed by atoms with Crippen molar-refractivity contribution in [1.82, 2.24) is 30.4 Å². The number of H-pyrrole nitrogens is 1. The van der Waals surface area contributed by atoms with Crippen molar-refractivity contribution < 1.29 is 4.79 Å². The smallest absolute Gasteiger partial charge is 0.321 e. The van der Waals surface area contributed by atoms with Crippen LogP contribution in [0.2, 0.25) is 0 Å². The van der Waals surface area contributed by atoms with Crippen LogP contribution in [0.5, 0.6) is 0 Å². The Bertz CT molecular complexity index is 1020. The van der Waals surface area contributed by atoms with E-state index in [1.807, 2.05) is 44.2 Å². The third-order valence-corrected chi connectivity index (χ3v) is 5.89. The highest BCUT2D eigenvalue weighted by molar-refractivity contribution is 7.19. The molecule has 0 unspecified atom stereocenters. The Morgan fingerprint density at radius 2 is 2.17 bits per heavy atom. The van der Waals surface area contributed by atoms with Gasteiger partial charge in [-0.25, -0.2) is 14.8 Å². The number of aromatic amines is 1. The predicted octanol–water partition coefficient (Wildman–Crippen LogP) is 2.81. The van der Waals surface area contributed by atoms with E-state index < -0.39 is 0 Å². The molecule has 30 heavy (non-hydrogen) atoms. The highest BCUT2D eigenvalue weighted by Gasteiger charge is 2.26. The number of likely N-dealkylation sites (N-methyl/N-ethyl adjacent to an activating group) is 1. The second kappa shape index (κ2) is 8.80. The van der Waals surface area contributed by atoms with Crippen molar-refractivity contribution >= 4 is 28.3 Å². The summed E-state index contributed by atoms with van der Waals surface area (Å²) in [5.41, 5.74) is 5.06. The number of pyridine rings is 1. The summed E-state index contributed by atoms with van der Waals surface area (Å²) in [6.07, 6.45) is 3.52. The van der Waals surface area contributed by atoms with Crippen LogP contribution in [0.3, 0.4) is 0 Å². The predicted molar refractivity (Wildman–Crippen MR) is 120 cm³/mol. The minimum absolute atomic E-state index is 0.236. The molecule has 0 aliphatic heterocycles. The van der Waals surface area contributed by atoms with E-state index in [4.69, 9.17) is 0 Å². The summed E-state index contributed by atoms with van der Waals surface area (Å²) in [6.45, 7) is 4.25. The van der Waals surface area contributed by atoms with Gasteiger partial charge in [0.15, 0.2) is 5.13 Å². The molecule has 0 saturated carbocycles. The number of carbonyl (C=O) groups excluding carboxylic acids is 1. The fourth-order valence-corrected chi connectivity index (χ4v) is 4.43. The molecule has 0 radical (unpaired) electrons. The Labute approximate surface area is 179 Å². The van der Waals surface area contributed by atoms with Crippen LogP contribution in [-0.4, -0.2) is 64.8 Å². The number of urea groups is 1. The largest absolute Gasteiger partial charge is 0.370 e. The summed E-state index contributed by atoms with van der Waals surface area (Å²) in [6, 6.07) is 3.77. The molecule has 3 aromatic rings. The molecule has 0 atom stereocenters. The molecule has 0 saturated heterocycles. The SMILES string of the molecule is CCNc1ccc(-c2n[nH]c3c2CCc2nc(NC(=O)NCCN(C)C)sc2-3)cn1. The van der Waals surface area contributed by atoms with Gasteiger partial charge in [0, 0.05) is 37.0 Å². The van der Waals surface area contributed by atoms with Gasteiger partial charge in [-0.3, -0.25) is 10.4 Å². The minimum atomic E-state index is -0.236. The number of carbonyl (C=O) groups is 1. The number of hydrogen-bond acceptors (Lipinski definition) is 7. The molecule has 10 heteroatoms. The fraction of sp³-hybridized carbons (Fsp3) is 0.400.